The molecule has 0 spiro atoms. The van der Waals surface area contributed by atoms with E-state index in [1.165, 1.54) is 0 Å². The van der Waals surface area contributed by atoms with Crippen LogP contribution < -0.4 is 20.1 Å². The van der Waals surface area contributed by atoms with Crippen LogP contribution in [0.25, 0.3) is 0 Å². The number of urea groups is 1. The van der Waals surface area contributed by atoms with E-state index in [0.29, 0.717) is 30.4 Å². The number of nitrogens with one attached hydrogen (secondary N) is 2. The Morgan fingerprint density at radius 1 is 1.24 bits per heavy atom. The van der Waals surface area contributed by atoms with E-state index >= 15 is 0 Å². The number of carboxylic acid groups (broad SMARTS) is 1. The van der Waals surface area contributed by atoms with Crippen LogP contribution in [-0.4, -0.2) is 50.1 Å². The van der Waals surface area contributed by atoms with Crippen LogP contribution >= 0.6 is 0 Å². The van der Waals surface area contributed by atoms with E-state index in [-0.39, 0.29) is 19.8 Å². The fourth-order valence-corrected chi connectivity index (χ4v) is 1.69. The molecule has 1 aromatic carbocycles. The van der Waals surface area contributed by atoms with Gasteiger partial charge in [0.15, 0.2) is 11.5 Å². The number of carbonyl (C=O) groups is 2. The average molecular weight is 296 g/mol. The Bertz CT molecular complexity index is 519. The maximum absolute atomic E-state index is 11.6. The molecule has 0 saturated heterocycles. The molecule has 8 heteroatoms. The smallest absolute Gasteiger partial charge is 0.329 e. The van der Waals surface area contributed by atoms with Crippen molar-refractivity contribution >= 4 is 17.7 Å². The third-order valence-electron chi connectivity index (χ3n) is 2.56. The zero-order valence-electron chi connectivity index (χ0n) is 11.3. The first kappa shape index (κ1) is 14.9. The lowest BCUT2D eigenvalue weighted by atomic mass is 10.2. The fraction of sp³-hybridized carbons (Fsp3) is 0.385. The second kappa shape index (κ2) is 7.34. The molecular formula is C13H16N2O6. The van der Waals surface area contributed by atoms with Gasteiger partial charge in [0.25, 0.3) is 0 Å². The zero-order valence-corrected chi connectivity index (χ0v) is 11.3. The molecule has 0 aliphatic carbocycles. The molecule has 0 radical (unpaired) electrons. The van der Waals surface area contributed by atoms with Gasteiger partial charge in [-0.05, 0) is 12.1 Å². The van der Waals surface area contributed by atoms with Gasteiger partial charge in [-0.15, -0.1) is 0 Å². The quantitative estimate of drug-likeness (QED) is 0.667. The van der Waals surface area contributed by atoms with Crippen molar-refractivity contribution in [3.8, 4) is 11.5 Å². The van der Waals surface area contributed by atoms with Gasteiger partial charge in [0, 0.05) is 18.3 Å². The predicted octanol–water partition coefficient (Wildman–Crippen LogP) is 0.681. The van der Waals surface area contributed by atoms with Gasteiger partial charge >= 0.3 is 12.0 Å². The number of fused-ring (bicyclic) bond motifs is 1. The van der Waals surface area contributed by atoms with Crippen molar-refractivity contribution in [2.24, 2.45) is 0 Å². The molecule has 1 aromatic rings. The van der Waals surface area contributed by atoms with Crippen LogP contribution in [0.15, 0.2) is 18.2 Å². The molecule has 21 heavy (non-hydrogen) atoms. The lowest BCUT2D eigenvalue weighted by Gasteiger charge is -2.19. The highest BCUT2D eigenvalue weighted by molar-refractivity contribution is 5.89. The highest BCUT2D eigenvalue weighted by Crippen LogP contribution is 2.32. The highest BCUT2D eigenvalue weighted by Gasteiger charge is 2.12. The molecule has 8 nitrogen and oxygen atoms in total. The summed E-state index contributed by atoms with van der Waals surface area (Å²) in [7, 11) is 0. The first-order valence-electron chi connectivity index (χ1n) is 6.39. The Morgan fingerprint density at radius 2 is 2.00 bits per heavy atom. The number of hydrogen-bond acceptors (Lipinski definition) is 5. The Labute approximate surface area is 121 Å². The average Bonchev–Trinajstić information content (AvgIpc) is 2.46. The monoisotopic (exact) mass is 296 g/mol. The molecule has 3 N–H and O–H groups in total. The number of rotatable bonds is 6. The summed E-state index contributed by atoms with van der Waals surface area (Å²) >= 11 is 0. The van der Waals surface area contributed by atoms with Crippen LogP contribution in [0.4, 0.5) is 10.5 Å². The lowest BCUT2D eigenvalue weighted by Crippen LogP contribution is -2.32. The number of ether oxygens (including phenoxy) is 3. The summed E-state index contributed by atoms with van der Waals surface area (Å²) in [6.07, 6.45) is 0. The second-order valence-electron chi connectivity index (χ2n) is 4.19. The van der Waals surface area contributed by atoms with Crippen molar-refractivity contribution < 1.29 is 28.9 Å². The first-order valence-corrected chi connectivity index (χ1v) is 6.39. The molecule has 2 amide bonds. The van der Waals surface area contributed by atoms with E-state index < -0.39 is 12.0 Å². The van der Waals surface area contributed by atoms with E-state index in [2.05, 4.69) is 10.6 Å². The van der Waals surface area contributed by atoms with Crippen LogP contribution in [0.5, 0.6) is 11.5 Å². The molecule has 0 bridgehead atoms. The molecule has 1 aliphatic heterocycles. The summed E-state index contributed by atoms with van der Waals surface area (Å²) in [4.78, 5) is 21.8. The maximum atomic E-state index is 11.6. The highest BCUT2D eigenvalue weighted by atomic mass is 16.6. The number of aliphatic carboxylic acids is 1. The predicted molar refractivity (Wildman–Crippen MR) is 72.9 cm³/mol. The molecular weight excluding hydrogens is 280 g/mol. The van der Waals surface area contributed by atoms with E-state index in [0.717, 1.165) is 0 Å². The molecule has 0 unspecified atom stereocenters. The summed E-state index contributed by atoms with van der Waals surface area (Å²) in [5, 5.41) is 13.5. The summed E-state index contributed by atoms with van der Waals surface area (Å²) < 4.78 is 15.6. The van der Waals surface area contributed by atoms with Gasteiger partial charge < -0.3 is 30.0 Å². The molecule has 0 saturated carbocycles. The molecule has 0 fully saturated rings. The van der Waals surface area contributed by atoms with Crippen molar-refractivity contribution in [3.63, 3.8) is 0 Å². The minimum Gasteiger partial charge on any atom is -0.486 e. The third kappa shape index (κ3) is 4.84. The Hall–Kier alpha value is -2.48. The normalized spacial score (nSPS) is 12.6. The van der Waals surface area contributed by atoms with Gasteiger partial charge in [-0.25, -0.2) is 9.59 Å². The summed E-state index contributed by atoms with van der Waals surface area (Å²) in [6, 6.07) is 4.69. The molecule has 1 aliphatic rings. The summed E-state index contributed by atoms with van der Waals surface area (Å²) in [5.74, 6) is 0.189. The molecule has 0 atom stereocenters. The second-order valence-corrected chi connectivity index (χ2v) is 4.19. The van der Waals surface area contributed by atoms with Crippen molar-refractivity contribution in [2.75, 3.05) is 38.3 Å². The van der Waals surface area contributed by atoms with E-state index in [1.54, 1.807) is 18.2 Å². The SMILES string of the molecule is O=C(O)COCCNC(=O)Nc1ccc2c(c1)OCCO2. The third-order valence-corrected chi connectivity index (χ3v) is 2.56. The van der Waals surface area contributed by atoms with E-state index in [1.807, 2.05) is 0 Å². The van der Waals surface area contributed by atoms with Crippen molar-refractivity contribution in [1.29, 1.82) is 0 Å². The Kier molecular flexibility index (Phi) is 5.22. The number of hydrogen-bond donors (Lipinski definition) is 3. The molecule has 114 valence electrons. The van der Waals surface area contributed by atoms with Crippen molar-refractivity contribution in [2.45, 2.75) is 0 Å². The Morgan fingerprint density at radius 3 is 2.76 bits per heavy atom. The number of carbonyl (C=O) groups excluding carboxylic acids is 1. The van der Waals surface area contributed by atoms with E-state index in [4.69, 9.17) is 19.3 Å². The molecule has 2 rings (SSSR count). The van der Waals surface area contributed by atoms with Gasteiger partial charge in [0.1, 0.15) is 19.8 Å². The summed E-state index contributed by atoms with van der Waals surface area (Å²) in [5.41, 5.74) is 0.572. The largest absolute Gasteiger partial charge is 0.486 e. The van der Waals surface area contributed by atoms with Crippen molar-refractivity contribution in [3.05, 3.63) is 18.2 Å². The number of amides is 2. The minimum atomic E-state index is -1.05. The summed E-state index contributed by atoms with van der Waals surface area (Å²) in [6.45, 7) is 0.941. The number of carboxylic acids is 1. The van der Waals surface area contributed by atoms with Crippen LogP contribution in [0.1, 0.15) is 0 Å². The van der Waals surface area contributed by atoms with Crippen LogP contribution in [-0.2, 0) is 9.53 Å². The van der Waals surface area contributed by atoms with E-state index in [9.17, 15) is 9.59 Å². The lowest BCUT2D eigenvalue weighted by molar-refractivity contribution is -0.142. The van der Waals surface area contributed by atoms with Crippen LogP contribution in [0.3, 0.4) is 0 Å². The van der Waals surface area contributed by atoms with Gasteiger partial charge in [-0.3, -0.25) is 0 Å². The maximum Gasteiger partial charge on any atom is 0.329 e. The Balaban J connectivity index is 1.73. The van der Waals surface area contributed by atoms with Gasteiger partial charge in [-0.1, -0.05) is 0 Å². The fourth-order valence-electron chi connectivity index (χ4n) is 1.69. The zero-order chi connectivity index (χ0) is 15.1. The molecule has 0 aromatic heterocycles. The van der Waals surface area contributed by atoms with Crippen molar-refractivity contribution in [1.82, 2.24) is 5.32 Å². The van der Waals surface area contributed by atoms with Gasteiger partial charge in [0.05, 0.1) is 6.61 Å². The topological polar surface area (TPSA) is 106 Å². The minimum absolute atomic E-state index is 0.126. The first-order chi connectivity index (χ1) is 10.1. The standard InChI is InChI=1S/C13H16N2O6/c16-12(17)8-19-4-3-14-13(18)15-9-1-2-10-11(7-9)21-6-5-20-10/h1-2,7H,3-6,8H2,(H,16,17)(H2,14,15,18). The van der Waals surface area contributed by atoms with Gasteiger partial charge in [0.2, 0.25) is 0 Å². The number of anilines is 1. The van der Waals surface area contributed by atoms with Gasteiger partial charge in [-0.2, -0.15) is 0 Å². The number of benzene rings is 1. The molecule has 1 heterocycles. The van der Waals surface area contributed by atoms with Crippen LogP contribution in [0.2, 0.25) is 0 Å². The van der Waals surface area contributed by atoms with Crippen LogP contribution in [0, 0.1) is 0 Å².